The zero-order valence-corrected chi connectivity index (χ0v) is 12.7. The van der Waals surface area contributed by atoms with Crippen LogP contribution in [0, 0.1) is 12.7 Å². The van der Waals surface area contributed by atoms with E-state index in [-0.39, 0.29) is 11.9 Å². The van der Waals surface area contributed by atoms with E-state index in [0.717, 1.165) is 16.7 Å². The Morgan fingerprint density at radius 1 is 0.952 bits per heavy atom. The van der Waals surface area contributed by atoms with Crippen LogP contribution < -0.4 is 14.8 Å². The van der Waals surface area contributed by atoms with Gasteiger partial charge in [-0.2, -0.15) is 0 Å². The molecule has 21 heavy (non-hydrogen) atoms. The third kappa shape index (κ3) is 3.34. The van der Waals surface area contributed by atoms with Gasteiger partial charge in [0.1, 0.15) is 5.82 Å². The second kappa shape index (κ2) is 6.59. The maximum absolute atomic E-state index is 13.6. The number of rotatable bonds is 5. The first-order valence-electron chi connectivity index (χ1n) is 6.75. The van der Waals surface area contributed by atoms with Gasteiger partial charge in [0.05, 0.1) is 20.3 Å². The predicted octanol–water partition coefficient (Wildman–Crippen LogP) is 3.46. The Morgan fingerprint density at radius 2 is 1.67 bits per heavy atom. The Balaban J connectivity index is 2.45. The molecule has 0 spiro atoms. The summed E-state index contributed by atoms with van der Waals surface area (Å²) in [7, 11) is 5.05. The Labute approximate surface area is 124 Å². The predicted molar refractivity (Wildman–Crippen MR) is 81.6 cm³/mol. The van der Waals surface area contributed by atoms with Crippen LogP contribution in [-0.2, 0) is 0 Å². The molecule has 0 amide bonds. The van der Waals surface area contributed by atoms with Crippen LogP contribution >= 0.6 is 0 Å². The van der Waals surface area contributed by atoms with Gasteiger partial charge < -0.3 is 14.8 Å². The lowest BCUT2D eigenvalue weighted by Gasteiger charge is -2.19. The highest BCUT2D eigenvalue weighted by molar-refractivity contribution is 5.46. The molecular formula is C17H20FNO2. The molecule has 112 valence electrons. The Bertz CT molecular complexity index is 608. The standard InChI is InChI=1S/C17H20FNO2/c1-11-7-13(9-14(18)8-11)17(19-2)12-5-6-15(20-3)16(10-12)21-4/h5-10,17,19H,1-4H3. The fraction of sp³-hybridized carbons (Fsp3) is 0.294. The van der Waals surface area contributed by atoms with Crippen molar-refractivity contribution in [2.75, 3.05) is 21.3 Å². The molecule has 1 unspecified atom stereocenters. The number of ether oxygens (including phenoxy) is 2. The van der Waals surface area contributed by atoms with Crippen molar-refractivity contribution in [1.82, 2.24) is 5.32 Å². The Morgan fingerprint density at radius 3 is 2.24 bits per heavy atom. The van der Waals surface area contributed by atoms with Crippen LogP contribution in [0.25, 0.3) is 0 Å². The minimum atomic E-state index is -0.231. The van der Waals surface area contributed by atoms with Crippen molar-refractivity contribution in [3.63, 3.8) is 0 Å². The summed E-state index contributed by atoms with van der Waals surface area (Å²) >= 11 is 0. The number of nitrogens with one attached hydrogen (secondary N) is 1. The van der Waals surface area contributed by atoms with E-state index >= 15 is 0 Å². The van der Waals surface area contributed by atoms with E-state index in [9.17, 15) is 4.39 Å². The normalized spacial score (nSPS) is 12.0. The first kappa shape index (κ1) is 15.3. The number of halogens is 1. The molecule has 0 saturated heterocycles. The van der Waals surface area contributed by atoms with E-state index in [1.54, 1.807) is 20.3 Å². The molecule has 2 aromatic rings. The monoisotopic (exact) mass is 289 g/mol. The molecular weight excluding hydrogens is 269 g/mol. The van der Waals surface area contributed by atoms with Crippen molar-refractivity contribution in [2.24, 2.45) is 0 Å². The highest BCUT2D eigenvalue weighted by Gasteiger charge is 2.15. The van der Waals surface area contributed by atoms with Crippen molar-refractivity contribution in [3.05, 3.63) is 58.9 Å². The lowest BCUT2D eigenvalue weighted by molar-refractivity contribution is 0.354. The van der Waals surface area contributed by atoms with Crippen molar-refractivity contribution >= 4 is 0 Å². The van der Waals surface area contributed by atoms with Crippen LogP contribution in [0.4, 0.5) is 4.39 Å². The van der Waals surface area contributed by atoms with Crippen molar-refractivity contribution in [3.8, 4) is 11.5 Å². The summed E-state index contributed by atoms with van der Waals surface area (Å²) in [6.07, 6.45) is 0. The number of methoxy groups -OCH3 is 2. The molecule has 2 aromatic carbocycles. The fourth-order valence-electron chi connectivity index (χ4n) is 2.49. The van der Waals surface area contributed by atoms with Crippen molar-refractivity contribution in [2.45, 2.75) is 13.0 Å². The molecule has 0 heterocycles. The van der Waals surface area contributed by atoms with E-state index in [2.05, 4.69) is 5.32 Å². The molecule has 0 aliphatic heterocycles. The molecule has 0 aromatic heterocycles. The van der Waals surface area contributed by atoms with Crippen molar-refractivity contribution in [1.29, 1.82) is 0 Å². The fourth-order valence-corrected chi connectivity index (χ4v) is 2.49. The number of hydrogen-bond acceptors (Lipinski definition) is 3. The molecule has 0 aliphatic rings. The van der Waals surface area contributed by atoms with Crippen LogP contribution in [0.15, 0.2) is 36.4 Å². The Hall–Kier alpha value is -2.07. The maximum Gasteiger partial charge on any atom is 0.161 e. The summed E-state index contributed by atoms with van der Waals surface area (Å²) in [6, 6.07) is 10.6. The van der Waals surface area contributed by atoms with Crippen LogP contribution in [-0.4, -0.2) is 21.3 Å². The highest BCUT2D eigenvalue weighted by Crippen LogP contribution is 2.32. The van der Waals surface area contributed by atoms with Gasteiger partial charge in [-0.15, -0.1) is 0 Å². The van der Waals surface area contributed by atoms with Gasteiger partial charge in [-0.1, -0.05) is 12.1 Å². The average molecular weight is 289 g/mol. The van der Waals surface area contributed by atoms with Gasteiger partial charge in [-0.25, -0.2) is 4.39 Å². The highest BCUT2D eigenvalue weighted by atomic mass is 19.1. The summed E-state index contributed by atoms with van der Waals surface area (Å²) in [5.74, 6) is 1.10. The number of aryl methyl sites for hydroxylation is 1. The van der Waals surface area contributed by atoms with E-state index in [4.69, 9.17) is 9.47 Å². The lowest BCUT2D eigenvalue weighted by Crippen LogP contribution is -2.18. The largest absolute Gasteiger partial charge is 0.493 e. The van der Waals surface area contributed by atoms with Crippen LogP contribution in [0.3, 0.4) is 0 Å². The molecule has 1 N–H and O–H groups in total. The third-order valence-electron chi connectivity index (χ3n) is 3.43. The third-order valence-corrected chi connectivity index (χ3v) is 3.43. The van der Waals surface area contributed by atoms with Gasteiger partial charge in [-0.05, 0) is 54.9 Å². The molecule has 3 nitrogen and oxygen atoms in total. The molecule has 0 radical (unpaired) electrons. The summed E-state index contributed by atoms with van der Waals surface area (Å²) in [4.78, 5) is 0. The molecule has 2 rings (SSSR count). The van der Waals surface area contributed by atoms with Gasteiger partial charge in [0.25, 0.3) is 0 Å². The summed E-state index contributed by atoms with van der Waals surface area (Å²) in [6.45, 7) is 1.88. The van der Waals surface area contributed by atoms with Gasteiger partial charge in [0, 0.05) is 0 Å². The van der Waals surface area contributed by atoms with E-state index < -0.39 is 0 Å². The maximum atomic E-state index is 13.6. The van der Waals surface area contributed by atoms with Gasteiger partial charge in [0.15, 0.2) is 11.5 Å². The molecule has 0 aliphatic carbocycles. The number of benzene rings is 2. The van der Waals surface area contributed by atoms with Gasteiger partial charge >= 0.3 is 0 Å². The molecule has 0 saturated carbocycles. The first-order valence-corrected chi connectivity index (χ1v) is 6.75. The number of hydrogen-bond donors (Lipinski definition) is 1. The lowest BCUT2D eigenvalue weighted by atomic mass is 9.97. The molecule has 4 heteroatoms. The van der Waals surface area contributed by atoms with E-state index in [1.165, 1.54) is 6.07 Å². The SMILES string of the molecule is CNC(c1cc(C)cc(F)c1)c1ccc(OC)c(OC)c1. The van der Waals surface area contributed by atoms with Crippen LogP contribution in [0.5, 0.6) is 11.5 Å². The van der Waals surface area contributed by atoms with E-state index in [0.29, 0.717) is 11.5 Å². The Kier molecular flexibility index (Phi) is 4.81. The minimum absolute atomic E-state index is 0.112. The van der Waals surface area contributed by atoms with E-state index in [1.807, 2.05) is 38.2 Å². The quantitative estimate of drug-likeness (QED) is 0.914. The zero-order chi connectivity index (χ0) is 15.4. The summed E-state index contributed by atoms with van der Waals surface area (Å²) in [5.41, 5.74) is 2.76. The molecule has 0 fully saturated rings. The minimum Gasteiger partial charge on any atom is -0.493 e. The smallest absolute Gasteiger partial charge is 0.161 e. The first-order chi connectivity index (χ1) is 10.1. The molecule has 0 bridgehead atoms. The van der Waals surface area contributed by atoms with Gasteiger partial charge in [-0.3, -0.25) is 0 Å². The van der Waals surface area contributed by atoms with Crippen LogP contribution in [0.2, 0.25) is 0 Å². The van der Waals surface area contributed by atoms with Crippen LogP contribution in [0.1, 0.15) is 22.7 Å². The zero-order valence-electron chi connectivity index (χ0n) is 12.7. The molecule has 1 atom stereocenters. The summed E-state index contributed by atoms with van der Waals surface area (Å²) < 4.78 is 24.2. The second-order valence-electron chi connectivity index (χ2n) is 4.90. The summed E-state index contributed by atoms with van der Waals surface area (Å²) in [5, 5.41) is 3.21. The second-order valence-corrected chi connectivity index (χ2v) is 4.90. The topological polar surface area (TPSA) is 30.5 Å². The average Bonchev–Trinajstić information content (AvgIpc) is 2.46. The van der Waals surface area contributed by atoms with Crippen molar-refractivity contribution < 1.29 is 13.9 Å². The van der Waals surface area contributed by atoms with Gasteiger partial charge in [0.2, 0.25) is 0 Å².